The molecule has 0 aliphatic heterocycles. The normalized spacial score (nSPS) is 10.3. The lowest BCUT2D eigenvalue weighted by atomic mass is 10.3. The molecule has 2 N–H and O–H groups in total. The van der Waals surface area contributed by atoms with Crippen molar-refractivity contribution in [2.45, 2.75) is 0 Å². The smallest absolute Gasteiger partial charge is 0.305 e. The van der Waals surface area contributed by atoms with Crippen LogP contribution in [0.2, 0.25) is 10.0 Å². The van der Waals surface area contributed by atoms with Gasteiger partial charge in [0.25, 0.3) is 0 Å². The zero-order chi connectivity index (χ0) is 11.3. The summed E-state index contributed by atoms with van der Waals surface area (Å²) in [4.78, 5) is 11.0. The lowest BCUT2D eigenvalue weighted by Crippen LogP contribution is -2.05. The highest BCUT2D eigenvalue weighted by atomic mass is 35.5. The Labute approximate surface area is 94.8 Å². The van der Waals surface area contributed by atoms with E-state index in [9.17, 15) is 4.79 Å². The van der Waals surface area contributed by atoms with Crippen LogP contribution in [-0.4, -0.2) is 6.03 Å². The first kappa shape index (κ1) is 11.5. The number of carbonyl (C=O) groups excluding carboxylic acids is 1. The Morgan fingerprint density at radius 1 is 1.27 bits per heavy atom. The SMILES string of the molecule is N=N/N=N/C(=O)Nc1cc(Cl)cc(Cl)c1. The predicted octanol–water partition coefficient (Wildman–Crippen LogP) is 3.92. The quantitative estimate of drug-likeness (QED) is 0.600. The van der Waals surface area contributed by atoms with Gasteiger partial charge >= 0.3 is 6.03 Å². The molecule has 0 heterocycles. The molecule has 0 saturated carbocycles. The Bertz CT molecular complexity index is 400. The second kappa shape index (κ2) is 5.38. The summed E-state index contributed by atoms with van der Waals surface area (Å²) in [6.07, 6.45) is 0. The topological polar surface area (TPSA) is 90.0 Å². The Morgan fingerprint density at radius 2 is 1.87 bits per heavy atom. The van der Waals surface area contributed by atoms with Crippen LogP contribution in [0.4, 0.5) is 10.5 Å². The maximum atomic E-state index is 11.0. The second-order valence-corrected chi connectivity index (χ2v) is 3.25. The fourth-order valence-electron chi connectivity index (χ4n) is 0.837. The first-order chi connectivity index (χ1) is 7.11. The molecule has 0 spiro atoms. The maximum absolute atomic E-state index is 11.0. The van der Waals surface area contributed by atoms with Crippen LogP contribution >= 0.6 is 23.2 Å². The summed E-state index contributed by atoms with van der Waals surface area (Å²) >= 11 is 11.4. The molecule has 1 aromatic carbocycles. The van der Waals surface area contributed by atoms with E-state index in [2.05, 4.69) is 20.9 Å². The molecule has 1 aromatic rings. The molecule has 6 nitrogen and oxygen atoms in total. The van der Waals surface area contributed by atoms with Crippen molar-refractivity contribution < 1.29 is 4.79 Å². The number of rotatable bonds is 2. The van der Waals surface area contributed by atoms with Crippen molar-refractivity contribution in [2.75, 3.05) is 5.32 Å². The van der Waals surface area contributed by atoms with Crippen LogP contribution in [0.5, 0.6) is 0 Å². The molecule has 0 unspecified atom stereocenters. The van der Waals surface area contributed by atoms with Crippen molar-refractivity contribution in [1.82, 2.24) is 0 Å². The van der Waals surface area contributed by atoms with Crippen LogP contribution in [-0.2, 0) is 0 Å². The highest BCUT2D eigenvalue weighted by molar-refractivity contribution is 6.35. The Balaban J connectivity index is 2.76. The molecule has 0 fully saturated rings. The van der Waals surface area contributed by atoms with Gasteiger partial charge in [0, 0.05) is 15.7 Å². The number of nitrogens with zero attached hydrogens (tertiary/aromatic N) is 3. The summed E-state index contributed by atoms with van der Waals surface area (Å²) in [6.45, 7) is 0. The van der Waals surface area contributed by atoms with Gasteiger partial charge in [-0.2, -0.15) is 5.53 Å². The summed E-state index contributed by atoms with van der Waals surface area (Å²) in [5.74, 6) is 0. The molecular weight excluding hydrogens is 241 g/mol. The molecule has 8 heteroatoms. The number of hydrogen-bond acceptors (Lipinski definition) is 2. The van der Waals surface area contributed by atoms with Gasteiger partial charge in [-0.05, 0) is 28.6 Å². The van der Waals surface area contributed by atoms with Crippen LogP contribution in [0.25, 0.3) is 0 Å². The van der Waals surface area contributed by atoms with E-state index < -0.39 is 6.03 Å². The second-order valence-electron chi connectivity index (χ2n) is 2.38. The zero-order valence-electron chi connectivity index (χ0n) is 7.24. The number of carbonyl (C=O) groups is 1. The largest absolute Gasteiger partial charge is 0.365 e. The van der Waals surface area contributed by atoms with Crippen molar-refractivity contribution >= 4 is 34.9 Å². The minimum Gasteiger partial charge on any atom is -0.305 e. The van der Waals surface area contributed by atoms with Gasteiger partial charge in [-0.3, -0.25) is 0 Å². The van der Waals surface area contributed by atoms with Crippen molar-refractivity contribution in [2.24, 2.45) is 15.6 Å². The van der Waals surface area contributed by atoms with E-state index in [1.807, 2.05) is 0 Å². The average Bonchev–Trinajstić information content (AvgIpc) is 2.13. The molecule has 0 aliphatic rings. The third kappa shape index (κ3) is 4.01. The van der Waals surface area contributed by atoms with Gasteiger partial charge in [-0.1, -0.05) is 28.3 Å². The first-order valence-electron chi connectivity index (χ1n) is 3.66. The lowest BCUT2D eigenvalue weighted by molar-refractivity contribution is 0.258. The highest BCUT2D eigenvalue weighted by Crippen LogP contribution is 2.22. The highest BCUT2D eigenvalue weighted by Gasteiger charge is 2.02. The summed E-state index contributed by atoms with van der Waals surface area (Å²) in [7, 11) is 0. The number of urea groups is 1. The molecule has 0 aromatic heterocycles. The standard InChI is InChI=1S/C7H5Cl2N5O/c8-4-1-5(9)3-6(2-4)11-7(15)12-14-13-10/h1-3,10H,(H,11,15)/b13-10?,14-12+. The summed E-state index contributed by atoms with van der Waals surface area (Å²) in [6, 6.07) is 3.76. The first-order valence-corrected chi connectivity index (χ1v) is 4.42. The number of hydrogen-bond donors (Lipinski definition) is 2. The van der Waals surface area contributed by atoms with E-state index in [1.54, 1.807) is 0 Å². The molecule has 0 aliphatic carbocycles. The van der Waals surface area contributed by atoms with Crippen molar-refractivity contribution in [1.29, 1.82) is 5.53 Å². The van der Waals surface area contributed by atoms with E-state index in [0.717, 1.165) is 0 Å². The van der Waals surface area contributed by atoms with Crippen molar-refractivity contribution in [3.63, 3.8) is 0 Å². The van der Waals surface area contributed by atoms with Crippen LogP contribution in [0.1, 0.15) is 0 Å². The predicted molar refractivity (Wildman–Crippen MR) is 55.5 cm³/mol. The Kier molecular flexibility index (Phi) is 4.14. The van der Waals surface area contributed by atoms with E-state index in [1.165, 1.54) is 18.2 Å². The van der Waals surface area contributed by atoms with Gasteiger partial charge < -0.3 is 5.32 Å². The molecule has 0 saturated heterocycles. The summed E-state index contributed by atoms with van der Waals surface area (Å²) < 4.78 is 0. The summed E-state index contributed by atoms with van der Waals surface area (Å²) in [5, 5.41) is 11.6. The maximum Gasteiger partial charge on any atom is 0.365 e. The lowest BCUT2D eigenvalue weighted by Gasteiger charge is -2.01. The number of benzene rings is 1. The molecule has 15 heavy (non-hydrogen) atoms. The van der Waals surface area contributed by atoms with Gasteiger partial charge in [-0.25, -0.2) is 4.79 Å². The van der Waals surface area contributed by atoms with Gasteiger partial charge in [0.05, 0.1) is 0 Å². The van der Waals surface area contributed by atoms with Crippen LogP contribution in [0, 0.1) is 5.53 Å². The minimum absolute atomic E-state index is 0.389. The Morgan fingerprint density at radius 3 is 2.40 bits per heavy atom. The fourth-order valence-corrected chi connectivity index (χ4v) is 1.36. The molecule has 0 atom stereocenters. The van der Waals surface area contributed by atoms with Gasteiger partial charge in [0.1, 0.15) is 0 Å². The van der Waals surface area contributed by atoms with E-state index in [-0.39, 0.29) is 0 Å². The molecule has 0 radical (unpaired) electrons. The zero-order valence-corrected chi connectivity index (χ0v) is 8.75. The molecule has 1 rings (SSSR count). The van der Waals surface area contributed by atoms with Gasteiger partial charge in [-0.15, -0.1) is 0 Å². The number of amides is 2. The fraction of sp³-hybridized carbons (Fsp3) is 0. The van der Waals surface area contributed by atoms with Crippen molar-refractivity contribution in [3.05, 3.63) is 28.2 Å². The van der Waals surface area contributed by atoms with Crippen LogP contribution in [0.15, 0.2) is 33.8 Å². The van der Waals surface area contributed by atoms with E-state index in [0.29, 0.717) is 15.7 Å². The van der Waals surface area contributed by atoms with Gasteiger partial charge in [0.2, 0.25) is 0 Å². The summed E-state index contributed by atoms with van der Waals surface area (Å²) in [5.41, 5.74) is 6.68. The van der Waals surface area contributed by atoms with E-state index in [4.69, 9.17) is 28.7 Å². The monoisotopic (exact) mass is 245 g/mol. The molecule has 0 bridgehead atoms. The Hall–Kier alpha value is -1.53. The third-order valence-corrected chi connectivity index (χ3v) is 1.73. The third-order valence-electron chi connectivity index (χ3n) is 1.29. The molecular formula is C7H5Cl2N5O. The average molecular weight is 246 g/mol. The van der Waals surface area contributed by atoms with Crippen LogP contribution in [0.3, 0.4) is 0 Å². The van der Waals surface area contributed by atoms with Gasteiger partial charge in [0.15, 0.2) is 0 Å². The number of anilines is 1. The van der Waals surface area contributed by atoms with E-state index >= 15 is 0 Å². The molecule has 78 valence electrons. The van der Waals surface area contributed by atoms with Crippen LogP contribution < -0.4 is 5.32 Å². The number of nitrogens with one attached hydrogen (secondary N) is 2. The molecule has 2 amide bonds. The van der Waals surface area contributed by atoms with Crippen molar-refractivity contribution in [3.8, 4) is 0 Å². The minimum atomic E-state index is -0.760. The number of halogens is 2.